The summed E-state index contributed by atoms with van der Waals surface area (Å²) in [6.07, 6.45) is 2.01. The van der Waals surface area contributed by atoms with Crippen LogP contribution in [0.25, 0.3) is 0 Å². The highest BCUT2D eigenvalue weighted by atomic mass is 35.5. The van der Waals surface area contributed by atoms with Gasteiger partial charge in [-0.15, -0.1) is 0 Å². The van der Waals surface area contributed by atoms with E-state index in [1.165, 1.54) is 12.1 Å². The fourth-order valence-corrected chi connectivity index (χ4v) is 2.67. The first-order valence-corrected chi connectivity index (χ1v) is 6.92. The zero-order valence-electron chi connectivity index (χ0n) is 11.0. The quantitative estimate of drug-likeness (QED) is 0.893. The summed E-state index contributed by atoms with van der Waals surface area (Å²) in [6.45, 7) is 2.49. The molecule has 104 valence electrons. The maximum Gasteiger partial charge on any atom is 0.255 e. The van der Waals surface area contributed by atoms with Crippen LogP contribution in [0.3, 0.4) is 0 Å². The van der Waals surface area contributed by atoms with Crippen molar-refractivity contribution < 1.29 is 9.90 Å². The van der Waals surface area contributed by atoms with Crippen LogP contribution in [0.15, 0.2) is 18.2 Å². The van der Waals surface area contributed by atoms with Crippen LogP contribution in [0.5, 0.6) is 5.75 Å². The molecule has 2 N–H and O–H groups in total. The summed E-state index contributed by atoms with van der Waals surface area (Å²) in [7, 11) is 1.95. The van der Waals surface area contributed by atoms with Crippen LogP contribution in [0.2, 0.25) is 5.02 Å². The molecule has 1 aromatic rings. The van der Waals surface area contributed by atoms with Crippen LogP contribution in [-0.4, -0.2) is 42.6 Å². The molecular formula is C14H19ClN2O2. The number of carbonyl (C=O) groups excluding carboxylic acids is 1. The molecular weight excluding hydrogens is 264 g/mol. The van der Waals surface area contributed by atoms with Gasteiger partial charge in [-0.3, -0.25) is 4.79 Å². The molecule has 1 heterocycles. The lowest BCUT2D eigenvalue weighted by Crippen LogP contribution is -2.40. The number of likely N-dealkylation sites (tertiary alicyclic amines) is 1. The molecule has 0 bridgehead atoms. The number of hydrogen-bond donors (Lipinski definition) is 2. The van der Waals surface area contributed by atoms with Gasteiger partial charge in [-0.2, -0.15) is 0 Å². The monoisotopic (exact) mass is 282 g/mol. The van der Waals surface area contributed by atoms with E-state index in [1.54, 1.807) is 6.07 Å². The Kier molecular flexibility index (Phi) is 4.66. The Labute approximate surface area is 118 Å². The molecule has 5 heteroatoms. The summed E-state index contributed by atoms with van der Waals surface area (Å²) in [4.78, 5) is 14.2. The highest BCUT2D eigenvalue weighted by Crippen LogP contribution is 2.25. The van der Waals surface area contributed by atoms with E-state index in [4.69, 9.17) is 11.6 Å². The van der Waals surface area contributed by atoms with Crippen molar-refractivity contribution in [1.29, 1.82) is 0 Å². The zero-order valence-corrected chi connectivity index (χ0v) is 11.8. The van der Waals surface area contributed by atoms with Crippen molar-refractivity contribution in [2.45, 2.75) is 12.8 Å². The first-order chi connectivity index (χ1) is 9.11. The van der Waals surface area contributed by atoms with Crippen molar-refractivity contribution >= 4 is 17.5 Å². The molecule has 1 amide bonds. The number of benzene rings is 1. The van der Waals surface area contributed by atoms with E-state index >= 15 is 0 Å². The Balaban J connectivity index is 2.03. The minimum absolute atomic E-state index is 0.0674. The van der Waals surface area contributed by atoms with E-state index < -0.39 is 0 Å². The average Bonchev–Trinajstić information content (AvgIpc) is 2.42. The second-order valence-electron chi connectivity index (χ2n) is 4.96. The van der Waals surface area contributed by atoms with E-state index in [0.29, 0.717) is 16.5 Å². The number of rotatable bonds is 3. The predicted molar refractivity (Wildman–Crippen MR) is 75.7 cm³/mol. The third-order valence-corrected chi connectivity index (χ3v) is 3.90. The number of phenolic OH excluding ortho intramolecular Hbond substituents is 1. The number of nitrogens with one attached hydrogen (secondary N) is 1. The molecule has 1 aromatic carbocycles. The minimum Gasteiger partial charge on any atom is -0.508 e. The molecule has 0 aromatic heterocycles. The summed E-state index contributed by atoms with van der Waals surface area (Å²) in [5.74, 6) is 0.607. The van der Waals surface area contributed by atoms with Crippen molar-refractivity contribution in [3.8, 4) is 5.75 Å². The lowest BCUT2D eigenvalue weighted by molar-refractivity contribution is 0.0690. The van der Waals surface area contributed by atoms with Gasteiger partial charge in [-0.1, -0.05) is 11.6 Å². The van der Waals surface area contributed by atoms with Gasteiger partial charge in [0, 0.05) is 13.1 Å². The lowest BCUT2D eigenvalue weighted by Gasteiger charge is -2.32. The van der Waals surface area contributed by atoms with Gasteiger partial charge in [-0.05, 0) is 50.6 Å². The Morgan fingerprint density at radius 3 is 2.79 bits per heavy atom. The molecule has 4 nitrogen and oxygen atoms in total. The predicted octanol–water partition coefficient (Wildman–Crippen LogP) is 2.12. The molecule has 1 saturated heterocycles. The fourth-order valence-electron chi connectivity index (χ4n) is 2.48. The van der Waals surface area contributed by atoms with Gasteiger partial charge in [0.2, 0.25) is 0 Å². The number of aromatic hydroxyl groups is 1. The van der Waals surface area contributed by atoms with Crippen LogP contribution in [0.4, 0.5) is 0 Å². The van der Waals surface area contributed by atoms with E-state index in [9.17, 15) is 9.90 Å². The molecule has 1 fully saturated rings. The number of carbonyl (C=O) groups is 1. The SMILES string of the molecule is CNCC1CCN(C(=O)c2cc(O)ccc2Cl)CC1. The summed E-state index contributed by atoms with van der Waals surface area (Å²) >= 11 is 6.02. The Morgan fingerprint density at radius 1 is 1.47 bits per heavy atom. The first-order valence-electron chi connectivity index (χ1n) is 6.54. The molecule has 0 spiro atoms. The molecule has 0 radical (unpaired) electrons. The summed E-state index contributed by atoms with van der Waals surface area (Å²) in [5, 5.41) is 13.0. The second kappa shape index (κ2) is 6.26. The van der Waals surface area contributed by atoms with Crippen molar-refractivity contribution in [1.82, 2.24) is 10.2 Å². The van der Waals surface area contributed by atoms with Crippen molar-refractivity contribution in [3.05, 3.63) is 28.8 Å². The van der Waals surface area contributed by atoms with Gasteiger partial charge in [0.25, 0.3) is 5.91 Å². The molecule has 0 atom stereocenters. The molecule has 19 heavy (non-hydrogen) atoms. The number of amides is 1. The van der Waals surface area contributed by atoms with Gasteiger partial charge in [0.1, 0.15) is 5.75 Å². The first kappa shape index (κ1) is 14.2. The van der Waals surface area contributed by atoms with Crippen LogP contribution >= 0.6 is 11.6 Å². The van der Waals surface area contributed by atoms with Crippen molar-refractivity contribution in [3.63, 3.8) is 0 Å². The molecule has 1 aliphatic rings. The van der Waals surface area contributed by atoms with Gasteiger partial charge in [-0.25, -0.2) is 0 Å². The molecule has 2 rings (SSSR count). The van der Waals surface area contributed by atoms with Crippen molar-refractivity contribution in [2.24, 2.45) is 5.92 Å². The van der Waals surface area contributed by atoms with E-state index in [2.05, 4.69) is 5.32 Å². The Hall–Kier alpha value is -1.26. The smallest absolute Gasteiger partial charge is 0.255 e. The van der Waals surface area contributed by atoms with Crippen LogP contribution in [-0.2, 0) is 0 Å². The number of phenols is 1. The van der Waals surface area contributed by atoms with E-state index in [0.717, 1.165) is 32.5 Å². The van der Waals surface area contributed by atoms with Gasteiger partial charge >= 0.3 is 0 Å². The minimum atomic E-state index is -0.0937. The standard InChI is InChI=1S/C14H19ClN2O2/c1-16-9-10-4-6-17(7-5-10)14(19)12-8-11(18)2-3-13(12)15/h2-3,8,10,16,18H,4-7,9H2,1H3. The number of piperidine rings is 1. The zero-order chi connectivity index (χ0) is 13.8. The van der Waals surface area contributed by atoms with Crippen LogP contribution in [0, 0.1) is 5.92 Å². The van der Waals surface area contributed by atoms with Crippen LogP contribution in [0.1, 0.15) is 23.2 Å². The third-order valence-electron chi connectivity index (χ3n) is 3.57. The van der Waals surface area contributed by atoms with Gasteiger partial charge in [0.05, 0.1) is 10.6 Å². The molecule has 0 unspecified atom stereocenters. The maximum absolute atomic E-state index is 12.4. The van der Waals surface area contributed by atoms with E-state index in [-0.39, 0.29) is 11.7 Å². The molecule has 0 aliphatic carbocycles. The lowest BCUT2D eigenvalue weighted by atomic mass is 9.96. The molecule has 1 aliphatic heterocycles. The van der Waals surface area contributed by atoms with Gasteiger partial charge < -0.3 is 15.3 Å². The Morgan fingerprint density at radius 2 is 2.16 bits per heavy atom. The summed E-state index contributed by atoms with van der Waals surface area (Å²) < 4.78 is 0. The highest BCUT2D eigenvalue weighted by Gasteiger charge is 2.24. The summed E-state index contributed by atoms with van der Waals surface area (Å²) in [6, 6.07) is 4.47. The normalized spacial score (nSPS) is 16.6. The number of hydrogen-bond acceptors (Lipinski definition) is 3. The fraction of sp³-hybridized carbons (Fsp3) is 0.500. The van der Waals surface area contributed by atoms with Gasteiger partial charge in [0.15, 0.2) is 0 Å². The number of nitrogens with zero attached hydrogens (tertiary/aromatic N) is 1. The third kappa shape index (κ3) is 3.39. The molecule has 0 saturated carbocycles. The highest BCUT2D eigenvalue weighted by molar-refractivity contribution is 6.33. The average molecular weight is 283 g/mol. The Bertz CT molecular complexity index is 457. The van der Waals surface area contributed by atoms with Crippen molar-refractivity contribution in [2.75, 3.05) is 26.7 Å². The van der Waals surface area contributed by atoms with Crippen LogP contribution < -0.4 is 5.32 Å². The summed E-state index contributed by atoms with van der Waals surface area (Å²) in [5.41, 5.74) is 0.383. The largest absolute Gasteiger partial charge is 0.508 e. The van der Waals surface area contributed by atoms with E-state index in [1.807, 2.05) is 11.9 Å². The maximum atomic E-state index is 12.4. The number of halogens is 1. The topological polar surface area (TPSA) is 52.6 Å². The second-order valence-corrected chi connectivity index (χ2v) is 5.36.